The first kappa shape index (κ1) is 22.8. The number of rotatable bonds is 4. The molecule has 1 aromatic heterocycles. The monoisotopic (exact) mass is 680 g/mol. The van der Waals surface area contributed by atoms with Gasteiger partial charge in [0.05, 0.1) is 11.0 Å². The Morgan fingerprint density at radius 3 is 1.70 bits per heavy atom. The molecule has 1 heterocycles. The van der Waals surface area contributed by atoms with Crippen molar-refractivity contribution in [2.24, 2.45) is 0 Å². The van der Waals surface area contributed by atoms with Gasteiger partial charge in [0.2, 0.25) is 0 Å². The Hall–Kier alpha value is -6.96. The number of hydrogen-bond donors (Lipinski definition) is 0. The minimum absolute atomic E-state index is 0.168. The second-order valence-electron chi connectivity index (χ2n) is 13.3. The molecule has 0 aliphatic carbocycles. The van der Waals surface area contributed by atoms with Crippen LogP contribution in [0.25, 0.3) is 110 Å². The summed E-state index contributed by atoms with van der Waals surface area (Å²) < 4.78 is 81.2. The van der Waals surface area contributed by atoms with Crippen LogP contribution in [-0.2, 0) is 0 Å². The van der Waals surface area contributed by atoms with Crippen molar-refractivity contribution in [3.63, 3.8) is 0 Å². The van der Waals surface area contributed by atoms with Crippen LogP contribution in [0.15, 0.2) is 198 Å². The molecule has 0 radical (unpaired) electrons. The van der Waals surface area contributed by atoms with Crippen LogP contribution in [0.4, 0.5) is 0 Å². The molecule has 0 atom stereocenters. The summed E-state index contributed by atoms with van der Waals surface area (Å²) in [7, 11) is 0. The SMILES string of the molecule is [2H]c1c([2H])c([2H])c2c(-c3c(-c4ccc5c(c4)oc4cccc(-c6ccccc6)c45)ccc4ccccc34)c3c([2H])c([2H])c([2H])c([2H])c3c(-c3cccc4ccccc34)c2c1[2H]. The molecule has 246 valence electrons. The summed E-state index contributed by atoms with van der Waals surface area (Å²) in [4.78, 5) is 0. The van der Waals surface area contributed by atoms with Crippen molar-refractivity contribution in [1.29, 1.82) is 0 Å². The molecule has 0 bridgehead atoms. The van der Waals surface area contributed by atoms with Crippen LogP contribution in [0, 0.1) is 0 Å². The molecule has 0 unspecified atom stereocenters. The minimum Gasteiger partial charge on any atom is -0.456 e. The molecule has 0 aliphatic rings. The summed E-state index contributed by atoms with van der Waals surface area (Å²) in [6.45, 7) is 0. The topological polar surface area (TPSA) is 13.1 Å². The Kier molecular flexibility index (Phi) is 5.07. The first-order valence-corrected chi connectivity index (χ1v) is 17.6. The first-order valence-electron chi connectivity index (χ1n) is 21.6. The third kappa shape index (κ3) is 4.58. The van der Waals surface area contributed by atoms with E-state index in [1.165, 1.54) is 0 Å². The van der Waals surface area contributed by atoms with E-state index in [9.17, 15) is 5.48 Å². The lowest BCUT2D eigenvalue weighted by Crippen LogP contribution is -1.94. The van der Waals surface area contributed by atoms with E-state index in [1.54, 1.807) is 0 Å². The van der Waals surface area contributed by atoms with Crippen LogP contribution < -0.4 is 0 Å². The van der Waals surface area contributed by atoms with Crippen LogP contribution in [0.1, 0.15) is 11.0 Å². The van der Waals surface area contributed by atoms with Crippen LogP contribution in [0.2, 0.25) is 0 Å². The number of hydrogen-bond acceptors (Lipinski definition) is 1. The summed E-state index contributed by atoms with van der Waals surface area (Å²) in [5, 5.41) is 5.85. The number of benzene rings is 10. The molecule has 0 spiro atoms. The molecule has 53 heavy (non-hydrogen) atoms. The van der Waals surface area contributed by atoms with Crippen LogP contribution in [0.3, 0.4) is 0 Å². The Labute approximate surface area is 318 Å². The van der Waals surface area contributed by atoms with E-state index in [0.717, 1.165) is 54.6 Å². The second kappa shape index (κ2) is 11.8. The largest absolute Gasteiger partial charge is 0.456 e. The summed E-state index contributed by atoms with van der Waals surface area (Å²) in [6, 6.07) is 44.4. The van der Waals surface area contributed by atoms with Gasteiger partial charge in [0.1, 0.15) is 11.2 Å². The summed E-state index contributed by atoms with van der Waals surface area (Å²) in [5.41, 5.74) is 6.76. The van der Waals surface area contributed by atoms with Gasteiger partial charge in [0, 0.05) is 10.8 Å². The van der Waals surface area contributed by atoms with Gasteiger partial charge in [-0.2, -0.15) is 0 Å². The standard InChI is InChI=1S/C52H32O/c1-2-14-34(15-3-1)38-25-13-27-47-50(38)46-31-29-36(32-48(46)53-47)40-30-28-35-17-5-7-20-39(35)51(40)52-44-23-10-8-21-42(44)49(43-22-9-11-24-45(43)52)41-26-12-18-33-16-4-6-19-37(33)41/h1-32H/i8D,9D,10D,11D,21D,22D,23D,24D. The molecule has 11 rings (SSSR count). The lowest BCUT2D eigenvalue weighted by Gasteiger charge is -2.21. The molecule has 0 amide bonds. The fourth-order valence-electron chi connectivity index (χ4n) is 8.22. The van der Waals surface area contributed by atoms with E-state index in [-0.39, 0.29) is 45.7 Å². The summed E-state index contributed by atoms with van der Waals surface area (Å²) in [5.74, 6) is 0. The highest BCUT2D eigenvalue weighted by molar-refractivity contribution is 6.27. The van der Waals surface area contributed by atoms with E-state index in [0.29, 0.717) is 33.4 Å². The van der Waals surface area contributed by atoms with Crippen molar-refractivity contribution < 1.29 is 15.4 Å². The molecule has 0 aliphatic heterocycles. The maximum atomic E-state index is 9.68. The normalized spacial score (nSPS) is 13.9. The summed E-state index contributed by atoms with van der Waals surface area (Å²) >= 11 is 0. The molecule has 1 nitrogen and oxygen atoms in total. The van der Waals surface area contributed by atoms with Crippen LogP contribution in [-0.4, -0.2) is 0 Å². The minimum atomic E-state index is -0.442. The molecule has 0 fully saturated rings. The van der Waals surface area contributed by atoms with Gasteiger partial charge in [-0.15, -0.1) is 0 Å². The van der Waals surface area contributed by atoms with Gasteiger partial charge in [0.25, 0.3) is 0 Å². The fourth-order valence-corrected chi connectivity index (χ4v) is 8.22. The molecule has 0 N–H and O–H groups in total. The third-order valence-electron chi connectivity index (χ3n) is 10.5. The van der Waals surface area contributed by atoms with Crippen molar-refractivity contribution in [3.05, 3.63) is 194 Å². The van der Waals surface area contributed by atoms with E-state index < -0.39 is 24.2 Å². The zero-order chi connectivity index (χ0) is 41.8. The lowest BCUT2D eigenvalue weighted by molar-refractivity contribution is 0.669. The first-order chi connectivity index (χ1) is 29.6. The zero-order valence-electron chi connectivity index (χ0n) is 36.3. The molecule has 0 saturated heterocycles. The van der Waals surface area contributed by atoms with Gasteiger partial charge in [-0.05, 0) is 106 Å². The Morgan fingerprint density at radius 2 is 0.943 bits per heavy atom. The maximum Gasteiger partial charge on any atom is 0.136 e. The van der Waals surface area contributed by atoms with E-state index in [4.69, 9.17) is 9.90 Å². The van der Waals surface area contributed by atoms with E-state index in [1.807, 2.05) is 127 Å². The van der Waals surface area contributed by atoms with Gasteiger partial charge in [0.15, 0.2) is 0 Å². The summed E-state index contributed by atoms with van der Waals surface area (Å²) in [6.07, 6.45) is 0. The third-order valence-corrected chi connectivity index (χ3v) is 10.5. The predicted molar refractivity (Wildman–Crippen MR) is 225 cm³/mol. The highest BCUT2D eigenvalue weighted by Gasteiger charge is 2.22. The molecule has 10 aromatic carbocycles. The van der Waals surface area contributed by atoms with Crippen molar-refractivity contribution in [2.75, 3.05) is 0 Å². The quantitative estimate of drug-likeness (QED) is 0.169. The molecular weight excluding hydrogens is 641 g/mol. The average Bonchev–Trinajstić information content (AvgIpc) is 3.68. The fraction of sp³-hybridized carbons (Fsp3) is 0. The van der Waals surface area contributed by atoms with E-state index >= 15 is 0 Å². The van der Waals surface area contributed by atoms with Crippen molar-refractivity contribution >= 4 is 65.0 Å². The van der Waals surface area contributed by atoms with Gasteiger partial charge in [-0.25, -0.2) is 0 Å². The van der Waals surface area contributed by atoms with E-state index in [2.05, 4.69) is 18.2 Å². The molecule has 11 aromatic rings. The smallest absolute Gasteiger partial charge is 0.136 e. The van der Waals surface area contributed by atoms with Gasteiger partial charge < -0.3 is 4.42 Å². The van der Waals surface area contributed by atoms with Gasteiger partial charge in [-0.3, -0.25) is 0 Å². The number of fused-ring (bicyclic) bond motifs is 7. The van der Waals surface area contributed by atoms with Gasteiger partial charge >= 0.3 is 0 Å². The zero-order valence-corrected chi connectivity index (χ0v) is 28.3. The molecule has 1 heteroatoms. The van der Waals surface area contributed by atoms with Crippen molar-refractivity contribution in [2.45, 2.75) is 0 Å². The van der Waals surface area contributed by atoms with Crippen LogP contribution in [0.5, 0.6) is 0 Å². The molecule has 0 saturated carbocycles. The van der Waals surface area contributed by atoms with Crippen molar-refractivity contribution in [3.8, 4) is 44.5 Å². The maximum absolute atomic E-state index is 9.68. The second-order valence-corrected chi connectivity index (χ2v) is 13.3. The molecular formula is C52H32O. The highest BCUT2D eigenvalue weighted by atomic mass is 16.3. The highest BCUT2D eigenvalue weighted by Crippen LogP contribution is 2.49. The lowest BCUT2D eigenvalue weighted by atomic mass is 9.81. The Bertz CT molecular complexity index is 3600. The van der Waals surface area contributed by atoms with Gasteiger partial charge in [-0.1, -0.05) is 176 Å². The van der Waals surface area contributed by atoms with Crippen LogP contribution >= 0.6 is 0 Å². The average molecular weight is 681 g/mol. The van der Waals surface area contributed by atoms with Crippen molar-refractivity contribution in [1.82, 2.24) is 0 Å². The number of furan rings is 1. The Balaban J connectivity index is 1.34. The predicted octanol–water partition coefficient (Wildman–Crippen LogP) is 14.9. The Morgan fingerprint density at radius 1 is 0.340 bits per heavy atom.